The van der Waals surface area contributed by atoms with Crippen molar-refractivity contribution in [2.75, 3.05) is 57.7 Å². The molecule has 2 fully saturated rings. The second-order valence-electron chi connectivity index (χ2n) is 7.73. The van der Waals surface area contributed by atoms with Gasteiger partial charge in [0, 0.05) is 19.8 Å². The first-order chi connectivity index (χ1) is 15.9. The fourth-order valence-electron chi connectivity index (χ4n) is 3.69. The number of anilines is 1. The van der Waals surface area contributed by atoms with Crippen molar-refractivity contribution >= 4 is 21.7 Å². The molecule has 2 radical (unpaired) electrons. The lowest BCUT2D eigenvalue weighted by Crippen LogP contribution is -2.21. The molecule has 1 atom stereocenters. The second kappa shape index (κ2) is 10.8. The lowest BCUT2D eigenvalue weighted by molar-refractivity contribution is 0.285. The topological polar surface area (TPSA) is 103 Å². The number of hydrogen-bond acceptors (Lipinski definition) is 9. The molecule has 0 saturated carbocycles. The molecule has 2 aromatic rings. The average molecular weight is 502 g/mol. The Kier molecular flexibility index (Phi) is 8.10. The van der Waals surface area contributed by atoms with Gasteiger partial charge >= 0.3 is 0 Å². The molecule has 2 saturated heterocycles. The maximum absolute atomic E-state index is 14.5. The zero-order chi connectivity index (χ0) is 23.3. The van der Waals surface area contributed by atoms with Crippen molar-refractivity contribution in [1.29, 1.82) is 0 Å². The first-order valence-electron chi connectivity index (χ1n) is 10.7. The minimum atomic E-state index is -3.34. The van der Waals surface area contributed by atoms with Crippen LogP contribution in [-0.2, 0) is 18.1 Å². The molecule has 9 nitrogen and oxygen atoms in total. The van der Waals surface area contributed by atoms with E-state index in [-0.39, 0.29) is 44.9 Å². The van der Waals surface area contributed by atoms with Crippen molar-refractivity contribution in [2.24, 2.45) is 0 Å². The van der Waals surface area contributed by atoms with Crippen LogP contribution in [-0.4, -0.2) is 67.6 Å². The van der Waals surface area contributed by atoms with Crippen LogP contribution in [0.4, 0.5) is 10.2 Å². The zero-order valence-corrected chi connectivity index (χ0v) is 20.2. The Bertz CT molecular complexity index is 915. The number of halogens is 1. The number of aromatic nitrogens is 1. The quantitative estimate of drug-likeness (QED) is 0.371. The SMILES string of the molecule is CN(CCCOc1cc(C(C[P]2(O)OCCO2)[P]2(O)OCCO2)ccc1F)c1ccccn1. The summed E-state index contributed by atoms with van der Waals surface area (Å²) in [5, 5.41) is 0. The highest BCUT2D eigenvalue weighted by Gasteiger charge is 2.48. The van der Waals surface area contributed by atoms with Crippen LogP contribution in [0, 0.1) is 5.82 Å². The Balaban J connectivity index is 1.43. The van der Waals surface area contributed by atoms with Crippen molar-refractivity contribution in [2.45, 2.75) is 12.1 Å². The van der Waals surface area contributed by atoms with Crippen molar-refractivity contribution < 1.29 is 37.0 Å². The monoisotopic (exact) mass is 502 g/mol. The maximum atomic E-state index is 14.5. The number of rotatable bonds is 10. The summed E-state index contributed by atoms with van der Waals surface area (Å²) < 4.78 is 42.1. The Morgan fingerprint density at radius 3 is 2.52 bits per heavy atom. The third kappa shape index (κ3) is 6.15. The van der Waals surface area contributed by atoms with Gasteiger partial charge in [-0.3, -0.25) is 0 Å². The van der Waals surface area contributed by atoms with Crippen LogP contribution in [0.1, 0.15) is 17.6 Å². The third-order valence-corrected chi connectivity index (χ3v) is 10.0. The highest BCUT2D eigenvalue weighted by atomic mass is 31.2. The smallest absolute Gasteiger partial charge is 0.239 e. The summed E-state index contributed by atoms with van der Waals surface area (Å²) in [5.74, 6) is 0.387. The summed E-state index contributed by atoms with van der Waals surface area (Å²) in [6.07, 6.45) is 2.36. The Morgan fingerprint density at radius 1 is 1.09 bits per heavy atom. The van der Waals surface area contributed by atoms with Crippen molar-refractivity contribution in [3.8, 4) is 5.75 Å². The highest BCUT2D eigenvalue weighted by molar-refractivity contribution is 7.65. The molecular weight excluding hydrogens is 473 g/mol. The van der Waals surface area contributed by atoms with Crippen molar-refractivity contribution in [3.63, 3.8) is 0 Å². The summed E-state index contributed by atoms with van der Waals surface area (Å²) in [7, 11) is -4.58. The summed E-state index contributed by atoms with van der Waals surface area (Å²) in [4.78, 5) is 28.0. The van der Waals surface area contributed by atoms with Gasteiger partial charge in [-0.2, -0.15) is 0 Å². The van der Waals surface area contributed by atoms with Gasteiger partial charge in [0.1, 0.15) is 5.82 Å². The van der Waals surface area contributed by atoms with E-state index in [1.807, 2.05) is 30.1 Å². The van der Waals surface area contributed by atoms with Gasteiger partial charge in [-0.15, -0.1) is 0 Å². The van der Waals surface area contributed by atoms with Gasteiger partial charge in [0.2, 0.25) is 15.9 Å². The summed E-state index contributed by atoms with van der Waals surface area (Å²) >= 11 is 0. The van der Waals surface area contributed by atoms with Crippen LogP contribution < -0.4 is 9.64 Å². The molecule has 0 spiro atoms. The van der Waals surface area contributed by atoms with E-state index in [0.717, 1.165) is 5.82 Å². The first kappa shape index (κ1) is 24.6. The molecule has 0 bridgehead atoms. The van der Waals surface area contributed by atoms with E-state index in [0.29, 0.717) is 18.5 Å². The molecule has 3 heterocycles. The van der Waals surface area contributed by atoms with Gasteiger partial charge in [0.05, 0.1) is 44.9 Å². The third-order valence-electron chi connectivity index (χ3n) is 5.38. The predicted molar refractivity (Wildman–Crippen MR) is 124 cm³/mol. The number of pyridine rings is 1. The fourth-order valence-corrected chi connectivity index (χ4v) is 8.43. The molecule has 4 rings (SSSR count). The van der Waals surface area contributed by atoms with E-state index in [4.69, 9.17) is 22.8 Å². The van der Waals surface area contributed by atoms with Crippen LogP contribution in [0.2, 0.25) is 0 Å². The Morgan fingerprint density at radius 2 is 1.82 bits per heavy atom. The van der Waals surface area contributed by atoms with Gasteiger partial charge in [0.25, 0.3) is 0 Å². The molecule has 2 N–H and O–H groups in total. The van der Waals surface area contributed by atoms with Gasteiger partial charge in [0.15, 0.2) is 11.6 Å². The number of hydrogen-bond donors (Lipinski definition) is 2. The molecule has 33 heavy (non-hydrogen) atoms. The zero-order valence-electron chi connectivity index (χ0n) is 18.4. The summed E-state index contributed by atoms with van der Waals surface area (Å²) in [5.41, 5.74) is -0.225. The molecule has 0 aliphatic carbocycles. The van der Waals surface area contributed by atoms with E-state index in [1.54, 1.807) is 6.20 Å². The lowest BCUT2D eigenvalue weighted by atomic mass is 10.1. The molecular formula is C21H29FN2O7P2. The van der Waals surface area contributed by atoms with Gasteiger partial charge in [-0.1, -0.05) is 12.1 Å². The van der Waals surface area contributed by atoms with E-state index in [1.165, 1.54) is 18.2 Å². The maximum Gasteiger partial charge on any atom is 0.239 e. The van der Waals surface area contributed by atoms with Gasteiger partial charge < -0.3 is 37.5 Å². The Labute approximate surface area is 193 Å². The van der Waals surface area contributed by atoms with Crippen LogP contribution in [0.5, 0.6) is 5.75 Å². The van der Waals surface area contributed by atoms with Crippen LogP contribution in [0.3, 0.4) is 0 Å². The number of nitrogens with zero attached hydrogens (tertiary/aromatic N) is 2. The van der Waals surface area contributed by atoms with Crippen LogP contribution in [0.25, 0.3) is 0 Å². The normalized spacial score (nSPS) is 20.0. The van der Waals surface area contributed by atoms with E-state index >= 15 is 0 Å². The summed E-state index contributed by atoms with van der Waals surface area (Å²) in [6.45, 7) is 2.01. The largest absolute Gasteiger partial charge is 0.490 e. The minimum Gasteiger partial charge on any atom is -0.490 e. The molecule has 2 aliphatic rings. The molecule has 0 amide bonds. The second-order valence-corrected chi connectivity index (χ2v) is 12.2. The Hall–Kier alpha value is -1.48. The summed E-state index contributed by atoms with van der Waals surface area (Å²) in [6, 6.07) is 10.0. The van der Waals surface area contributed by atoms with Crippen LogP contribution in [0.15, 0.2) is 42.6 Å². The predicted octanol–water partition coefficient (Wildman–Crippen LogP) is 3.77. The van der Waals surface area contributed by atoms with Crippen LogP contribution >= 0.6 is 15.9 Å². The molecule has 1 aromatic carbocycles. The standard InChI is InChI=1S/C21H29FN2O7P2/c1-24(21-5-2-3-8-23-21)9-4-10-27-19-15-17(6-7-18(19)22)20(33(26)30-13-14-31-33)16-32(25)28-11-12-29-32/h2-3,5-8,15,20,25-26H,4,9-14,16H2,1H3. The minimum absolute atomic E-state index is 0.0166. The van der Waals surface area contributed by atoms with E-state index in [9.17, 15) is 14.2 Å². The number of benzene rings is 1. The van der Waals surface area contributed by atoms with Crippen molar-refractivity contribution in [1.82, 2.24) is 4.98 Å². The average Bonchev–Trinajstić information content (AvgIpc) is 3.46. The lowest BCUT2D eigenvalue weighted by Gasteiger charge is -2.35. The molecule has 2 aliphatic heterocycles. The van der Waals surface area contributed by atoms with E-state index < -0.39 is 27.4 Å². The molecule has 1 aromatic heterocycles. The number of ether oxygens (including phenoxy) is 1. The van der Waals surface area contributed by atoms with Gasteiger partial charge in [-0.25, -0.2) is 9.37 Å². The highest BCUT2D eigenvalue weighted by Crippen LogP contribution is 2.76. The fraction of sp³-hybridized carbons (Fsp3) is 0.476. The molecule has 12 heteroatoms. The van der Waals surface area contributed by atoms with E-state index in [2.05, 4.69) is 4.98 Å². The van der Waals surface area contributed by atoms with Gasteiger partial charge in [-0.05, 0) is 36.2 Å². The van der Waals surface area contributed by atoms with Crippen molar-refractivity contribution in [3.05, 3.63) is 54.0 Å². The molecule has 182 valence electrons. The molecule has 1 unspecified atom stereocenters. The first-order valence-corrected chi connectivity index (χ1v) is 14.1.